The highest BCUT2D eigenvalue weighted by Crippen LogP contribution is 2.36. The average Bonchev–Trinajstić information content (AvgIpc) is 2.81. The van der Waals surface area contributed by atoms with Gasteiger partial charge in [-0.2, -0.15) is 0 Å². The van der Waals surface area contributed by atoms with E-state index < -0.39 is 0 Å². The van der Waals surface area contributed by atoms with Crippen LogP contribution in [0.3, 0.4) is 0 Å². The lowest BCUT2D eigenvalue weighted by Crippen LogP contribution is -2.31. The number of ether oxygens (including phenoxy) is 2. The Hall–Kier alpha value is -1.21. The predicted molar refractivity (Wildman–Crippen MR) is 73.1 cm³/mol. The van der Waals surface area contributed by atoms with Crippen LogP contribution in [0.2, 0.25) is 0 Å². The number of aliphatic hydroxyl groups excluding tert-OH is 1. The average molecular weight is 284 g/mol. The molecule has 0 aliphatic carbocycles. The van der Waals surface area contributed by atoms with Crippen molar-refractivity contribution < 1.29 is 19.0 Å². The smallest absolute Gasteiger partial charge is 0.131 e. The molecule has 1 aliphatic rings. The third-order valence-electron chi connectivity index (χ3n) is 3.58. The van der Waals surface area contributed by atoms with Gasteiger partial charge in [-0.05, 0) is 11.6 Å². The van der Waals surface area contributed by atoms with Gasteiger partial charge in [0, 0.05) is 37.3 Å². The minimum Gasteiger partial charge on any atom is -0.497 e. The summed E-state index contributed by atoms with van der Waals surface area (Å²) in [5.41, 5.74) is 7.40. The molecule has 0 spiro atoms. The predicted octanol–water partition coefficient (Wildman–Crippen LogP) is 0.659. The lowest BCUT2D eigenvalue weighted by molar-refractivity contribution is 0.0656. The fourth-order valence-electron chi connectivity index (χ4n) is 2.58. The third kappa shape index (κ3) is 3.09. The highest BCUT2D eigenvalue weighted by Gasteiger charge is 2.31. The monoisotopic (exact) mass is 284 g/mol. The summed E-state index contributed by atoms with van der Waals surface area (Å²) in [4.78, 5) is 2.09. The lowest BCUT2D eigenvalue weighted by atomic mass is 10.0. The second-order valence-corrected chi connectivity index (χ2v) is 4.73. The van der Waals surface area contributed by atoms with Crippen LogP contribution in [0.15, 0.2) is 12.1 Å². The van der Waals surface area contributed by atoms with E-state index in [0.29, 0.717) is 44.2 Å². The molecule has 0 saturated carbocycles. The number of hydrogen-bond donors (Lipinski definition) is 2. The van der Waals surface area contributed by atoms with Gasteiger partial charge in [-0.1, -0.05) is 0 Å². The fourth-order valence-corrected chi connectivity index (χ4v) is 2.58. The largest absolute Gasteiger partial charge is 0.497 e. The molecule has 6 heteroatoms. The Morgan fingerprint density at radius 1 is 1.45 bits per heavy atom. The first kappa shape index (κ1) is 15.2. The zero-order valence-electron chi connectivity index (χ0n) is 11.6. The minimum atomic E-state index is -0.253. The van der Waals surface area contributed by atoms with E-state index in [-0.39, 0.29) is 18.5 Å². The summed E-state index contributed by atoms with van der Waals surface area (Å²) in [6, 6.07) is 3.23. The van der Waals surface area contributed by atoms with E-state index in [0.717, 1.165) is 5.56 Å². The van der Waals surface area contributed by atoms with Crippen molar-refractivity contribution in [2.45, 2.75) is 12.6 Å². The molecule has 1 aromatic rings. The molecule has 2 rings (SSSR count). The van der Waals surface area contributed by atoms with Gasteiger partial charge in [-0.25, -0.2) is 4.39 Å². The lowest BCUT2D eigenvalue weighted by Gasteiger charge is -2.23. The summed E-state index contributed by atoms with van der Waals surface area (Å²) in [5.74, 6) is 0.259. The molecule has 0 radical (unpaired) electrons. The SMILES string of the molecule is COc1cc(F)c2c(c1)C(CN)N(CCOCCO)C2. The highest BCUT2D eigenvalue weighted by atomic mass is 19.1. The molecule has 20 heavy (non-hydrogen) atoms. The number of hydrogen-bond acceptors (Lipinski definition) is 5. The minimum absolute atomic E-state index is 0.00632. The zero-order valence-corrected chi connectivity index (χ0v) is 11.6. The van der Waals surface area contributed by atoms with E-state index in [1.807, 2.05) is 6.07 Å². The molecule has 0 bridgehead atoms. The first-order valence-electron chi connectivity index (χ1n) is 6.70. The van der Waals surface area contributed by atoms with Gasteiger partial charge in [0.25, 0.3) is 0 Å². The maximum Gasteiger partial charge on any atom is 0.131 e. The molecule has 0 aromatic heterocycles. The van der Waals surface area contributed by atoms with Gasteiger partial charge in [0.05, 0.1) is 26.9 Å². The Labute approximate surface area is 118 Å². The van der Waals surface area contributed by atoms with E-state index in [1.165, 1.54) is 13.2 Å². The van der Waals surface area contributed by atoms with Crippen molar-refractivity contribution >= 4 is 0 Å². The molecule has 3 N–H and O–H groups in total. The van der Waals surface area contributed by atoms with Crippen molar-refractivity contribution in [3.63, 3.8) is 0 Å². The van der Waals surface area contributed by atoms with Crippen LogP contribution < -0.4 is 10.5 Å². The Balaban J connectivity index is 2.10. The number of halogens is 1. The summed E-state index contributed by atoms with van der Waals surface area (Å²) >= 11 is 0. The molecular formula is C14H21FN2O3. The number of methoxy groups -OCH3 is 1. The third-order valence-corrected chi connectivity index (χ3v) is 3.58. The molecule has 1 atom stereocenters. The number of benzene rings is 1. The van der Waals surface area contributed by atoms with Crippen LogP contribution in [-0.2, 0) is 11.3 Å². The number of rotatable bonds is 7. The number of nitrogens with zero attached hydrogens (tertiary/aromatic N) is 1. The number of nitrogens with two attached hydrogens (primary N) is 1. The maximum atomic E-state index is 14.1. The van der Waals surface area contributed by atoms with E-state index in [9.17, 15) is 4.39 Å². The van der Waals surface area contributed by atoms with Crippen LogP contribution in [0, 0.1) is 5.82 Å². The van der Waals surface area contributed by atoms with Crippen LogP contribution in [-0.4, -0.2) is 50.0 Å². The van der Waals surface area contributed by atoms with Crippen molar-refractivity contribution in [1.82, 2.24) is 4.90 Å². The Bertz CT molecular complexity index is 456. The molecular weight excluding hydrogens is 263 g/mol. The van der Waals surface area contributed by atoms with Crippen molar-refractivity contribution in [2.75, 3.05) is 40.0 Å². The van der Waals surface area contributed by atoms with Crippen molar-refractivity contribution in [3.8, 4) is 5.75 Å². The molecule has 1 aliphatic heterocycles. The molecule has 0 amide bonds. The molecule has 1 aromatic carbocycles. The van der Waals surface area contributed by atoms with Gasteiger partial charge >= 0.3 is 0 Å². The quantitative estimate of drug-likeness (QED) is 0.720. The molecule has 112 valence electrons. The van der Waals surface area contributed by atoms with Crippen LogP contribution in [0.1, 0.15) is 17.2 Å². The maximum absolute atomic E-state index is 14.1. The normalized spacial score (nSPS) is 18.3. The van der Waals surface area contributed by atoms with Crippen LogP contribution in [0.4, 0.5) is 4.39 Å². The van der Waals surface area contributed by atoms with Gasteiger partial charge in [0.15, 0.2) is 0 Å². The first-order valence-corrected chi connectivity index (χ1v) is 6.70. The van der Waals surface area contributed by atoms with E-state index >= 15 is 0 Å². The van der Waals surface area contributed by atoms with Gasteiger partial charge < -0.3 is 20.3 Å². The Morgan fingerprint density at radius 3 is 2.90 bits per heavy atom. The Kier molecular flexibility index (Phi) is 5.31. The fraction of sp³-hybridized carbons (Fsp3) is 0.571. The topological polar surface area (TPSA) is 68.0 Å². The van der Waals surface area contributed by atoms with E-state index in [1.54, 1.807) is 0 Å². The summed E-state index contributed by atoms with van der Waals surface area (Å²) < 4.78 is 24.4. The van der Waals surface area contributed by atoms with Gasteiger partial charge in [0.1, 0.15) is 11.6 Å². The van der Waals surface area contributed by atoms with Crippen molar-refractivity contribution in [3.05, 3.63) is 29.1 Å². The van der Waals surface area contributed by atoms with Crippen LogP contribution in [0.25, 0.3) is 0 Å². The van der Waals surface area contributed by atoms with Crippen LogP contribution in [0.5, 0.6) is 5.75 Å². The second-order valence-electron chi connectivity index (χ2n) is 4.73. The Morgan fingerprint density at radius 2 is 2.25 bits per heavy atom. The van der Waals surface area contributed by atoms with E-state index in [2.05, 4.69) is 4.90 Å². The highest BCUT2D eigenvalue weighted by molar-refractivity contribution is 5.41. The first-order chi connectivity index (χ1) is 9.71. The van der Waals surface area contributed by atoms with E-state index in [4.69, 9.17) is 20.3 Å². The van der Waals surface area contributed by atoms with Crippen molar-refractivity contribution in [2.24, 2.45) is 5.73 Å². The van der Waals surface area contributed by atoms with Gasteiger partial charge in [-0.3, -0.25) is 4.90 Å². The van der Waals surface area contributed by atoms with Crippen molar-refractivity contribution in [1.29, 1.82) is 0 Å². The van der Waals surface area contributed by atoms with Crippen LogP contribution >= 0.6 is 0 Å². The summed E-state index contributed by atoms with van der Waals surface area (Å²) in [7, 11) is 1.52. The number of fused-ring (bicyclic) bond motifs is 1. The molecule has 0 fully saturated rings. The molecule has 5 nitrogen and oxygen atoms in total. The summed E-state index contributed by atoms with van der Waals surface area (Å²) in [6.45, 7) is 2.40. The van der Waals surface area contributed by atoms with Gasteiger partial charge in [0.2, 0.25) is 0 Å². The standard InChI is InChI=1S/C14H21FN2O3/c1-19-10-6-11-12(13(15)7-10)9-17(14(11)8-16)2-4-20-5-3-18/h6-7,14,18H,2-5,8-9,16H2,1H3. The molecule has 0 saturated heterocycles. The summed E-state index contributed by atoms with van der Waals surface area (Å²) in [6.07, 6.45) is 0. The molecule has 1 unspecified atom stereocenters. The zero-order chi connectivity index (χ0) is 14.5. The number of aliphatic hydroxyl groups is 1. The second kappa shape index (κ2) is 6.99. The summed E-state index contributed by atoms with van der Waals surface area (Å²) in [5, 5.41) is 8.67. The molecule has 1 heterocycles. The van der Waals surface area contributed by atoms with Gasteiger partial charge in [-0.15, -0.1) is 0 Å².